The van der Waals surface area contributed by atoms with E-state index in [0.29, 0.717) is 52.6 Å². The van der Waals surface area contributed by atoms with Gasteiger partial charge >= 0.3 is 0 Å². The molecular formula is C30H33N3O6S3. The van der Waals surface area contributed by atoms with Crippen LogP contribution in [0.4, 0.5) is 0 Å². The Bertz CT molecular complexity index is 1640. The van der Waals surface area contributed by atoms with E-state index < -0.39 is 46.8 Å². The normalized spacial score (nSPS) is 12.4. The van der Waals surface area contributed by atoms with Gasteiger partial charge in [0.15, 0.2) is 44.6 Å². The Kier molecular flexibility index (Phi) is 9.59. The van der Waals surface area contributed by atoms with Crippen LogP contribution in [0.2, 0.25) is 0 Å². The molecule has 0 saturated heterocycles. The zero-order valence-electron chi connectivity index (χ0n) is 23.7. The molecule has 0 bridgehead atoms. The first-order valence-electron chi connectivity index (χ1n) is 13.5. The molecule has 0 aliphatic heterocycles. The van der Waals surface area contributed by atoms with E-state index in [2.05, 4.69) is 15.0 Å². The Balaban J connectivity index is 2.02. The van der Waals surface area contributed by atoms with Crippen molar-refractivity contribution >= 4 is 29.5 Å². The molecule has 42 heavy (non-hydrogen) atoms. The van der Waals surface area contributed by atoms with Gasteiger partial charge in [-0.05, 0) is 89.0 Å². The number of rotatable bonds is 12. The second-order valence-corrected chi connectivity index (χ2v) is 15.5. The molecule has 0 saturated carbocycles. The smallest absolute Gasteiger partial charge is 0.199 e. The second-order valence-electron chi connectivity index (χ2n) is 9.71. The molecule has 0 spiro atoms. The van der Waals surface area contributed by atoms with Gasteiger partial charge in [0.05, 0.1) is 17.3 Å². The minimum atomic E-state index is -3.96. The summed E-state index contributed by atoms with van der Waals surface area (Å²) in [5, 5.41) is -0.336. The van der Waals surface area contributed by atoms with Crippen LogP contribution in [-0.4, -0.2) is 40.2 Å². The van der Waals surface area contributed by atoms with Crippen molar-refractivity contribution in [2.45, 2.75) is 72.4 Å². The van der Waals surface area contributed by atoms with E-state index in [1.54, 1.807) is 36.4 Å². The Morgan fingerprint density at radius 3 is 0.881 bits per heavy atom. The third-order valence-electron chi connectivity index (χ3n) is 7.12. The highest BCUT2D eigenvalue weighted by Crippen LogP contribution is 2.36. The van der Waals surface area contributed by atoms with Gasteiger partial charge in [0.2, 0.25) is 0 Å². The van der Waals surface area contributed by atoms with Gasteiger partial charge < -0.3 is 0 Å². The first-order chi connectivity index (χ1) is 19.9. The van der Waals surface area contributed by atoms with Gasteiger partial charge in [-0.25, -0.2) is 40.2 Å². The van der Waals surface area contributed by atoms with Crippen LogP contribution in [0.1, 0.15) is 54.2 Å². The van der Waals surface area contributed by atoms with Crippen molar-refractivity contribution in [1.82, 2.24) is 15.0 Å². The molecule has 0 amide bonds. The Labute approximate surface area is 247 Å². The van der Waals surface area contributed by atoms with E-state index in [1.807, 2.05) is 20.8 Å². The maximum atomic E-state index is 13.6. The van der Waals surface area contributed by atoms with Gasteiger partial charge in [-0.3, -0.25) is 0 Å². The summed E-state index contributed by atoms with van der Waals surface area (Å²) in [6.45, 7) is 5.52. The number of hydrogen-bond acceptors (Lipinski definition) is 9. The van der Waals surface area contributed by atoms with Crippen molar-refractivity contribution in [3.8, 4) is 0 Å². The number of nitrogens with zero attached hydrogens (tertiary/aromatic N) is 3. The molecule has 0 unspecified atom stereocenters. The summed E-state index contributed by atoms with van der Waals surface area (Å²) in [4.78, 5) is 12.1. The van der Waals surface area contributed by atoms with E-state index in [-0.39, 0.29) is 15.1 Å². The molecule has 3 aromatic heterocycles. The van der Waals surface area contributed by atoms with Crippen molar-refractivity contribution in [3.63, 3.8) is 0 Å². The second kappa shape index (κ2) is 12.8. The minimum absolute atomic E-state index is 0.112. The maximum Gasteiger partial charge on any atom is 0.199 e. The number of pyridine rings is 3. The van der Waals surface area contributed by atoms with Crippen LogP contribution in [0.25, 0.3) is 0 Å². The zero-order valence-corrected chi connectivity index (χ0v) is 26.1. The number of hydrogen-bond donors (Lipinski definition) is 0. The molecule has 0 atom stereocenters. The highest BCUT2D eigenvalue weighted by Gasteiger charge is 2.31. The molecule has 0 aliphatic carbocycles. The van der Waals surface area contributed by atoms with Gasteiger partial charge in [0.25, 0.3) is 0 Å². The SMILES string of the molecule is CCc1c(CS(=O)(=O)c2ccccn2)c(CC)c(CS(=O)(=O)c2ccccn2)c(CC)c1CS(=O)(=O)c1ccccn1. The molecule has 4 aromatic rings. The van der Waals surface area contributed by atoms with Crippen LogP contribution >= 0.6 is 0 Å². The molecule has 0 radical (unpaired) electrons. The third-order valence-corrected chi connectivity index (χ3v) is 11.8. The van der Waals surface area contributed by atoms with Crippen LogP contribution in [0.5, 0.6) is 0 Å². The molecular weight excluding hydrogens is 595 g/mol. The fraction of sp³-hybridized carbons (Fsp3) is 0.300. The van der Waals surface area contributed by atoms with Crippen molar-refractivity contribution < 1.29 is 25.3 Å². The summed E-state index contributed by atoms with van der Waals surface area (Å²) in [5.41, 5.74) is 3.01. The summed E-state index contributed by atoms with van der Waals surface area (Å²) in [7, 11) is -11.9. The first-order valence-corrected chi connectivity index (χ1v) is 18.5. The van der Waals surface area contributed by atoms with E-state index in [1.165, 1.54) is 36.8 Å². The lowest BCUT2D eigenvalue weighted by Crippen LogP contribution is -2.20. The minimum Gasteiger partial charge on any atom is -0.245 e. The Morgan fingerprint density at radius 1 is 0.429 bits per heavy atom. The van der Waals surface area contributed by atoms with Crippen molar-refractivity contribution in [1.29, 1.82) is 0 Å². The summed E-state index contributed by atoms with van der Waals surface area (Å²) in [5.74, 6) is -1.35. The van der Waals surface area contributed by atoms with E-state index in [0.717, 1.165) is 0 Å². The zero-order chi connectivity index (χ0) is 30.5. The molecule has 0 fully saturated rings. The monoisotopic (exact) mass is 627 g/mol. The first kappa shape index (κ1) is 31.5. The molecule has 12 heteroatoms. The highest BCUT2D eigenvalue weighted by atomic mass is 32.2. The molecule has 0 aliphatic rings. The molecule has 222 valence electrons. The average Bonchev–Trinajstić information content (AvgIpc) is 2.98. The van der Waals surface area contributed by atoms with Crippen LogP contribution in [0.15, 0.2) is 88.3 Å². The van der Waals surface area contributed by atoms with Crippen LogP contribution in [0.3, 0.4) is 0 Å². The maximum absolute atomic E-state index is 13.6. The lowest BCUT2D eigenvalue weighted by Gasteiger charge is -2.26. The van der Waals surface area contributed by atoms with E-state index in [4.69, 9.17) is 0 Å². The molecule has 0 N–H and O–H groups in total. The predicted molar refractivity (Wildman–Crippen MR) is 160 cm³/mol. The van der Waals surface area contributed by atoms with Gasteiger partial charge in [0.1, 0.15) is 0 Å². The van der Waals surface area contributed by atoms with Crippen molar-refractivity contribution in [2.24, 2.45) is 0 Å². The van der Waals surface area contributed by atoms with E-state index >= 15 is 0 Å². The summed E-state index contributed by atoms with van der Waals surface area (Å²) in [6, 6.07) is 13.8. The lowest BCUT2D eigenvalue weighted by molar-refractivity contribution is 0.590. The molecule has 3 heterocycles. The van der Waals surface area contributed by atoms with Gasteiger partial charge in [-0.15, -0.1) is 0 Å². The van der Waals surface area contributed by atoms with Gasteiger partial charge in [-0.2, -0.15) is 0 Å². The standard InChI is InChI=1S/C30H33N3O6S3/c1-4-22-25(19-40(34,35)28-13-7-10-16-31-28)23(5-2)27(21-42(38,39)30-15-9-12-18-33-30)24(6-3)26(22)20-41(36,37)29-14-8-11-17-32-29/h7-18H,4-6,19-21H2,1-3H3. The number of sulfone groups is 3. The predicted octanol–water partition coefficient (Wildman–Crippen LogP) is 4.48. The Morgan fingerprint density at radius 2 is 0.690 bits per heavy atom. The largest absolute Gasteiger partial charge is 0.245 e. The van der Waals surface area contributed by atoms with Crippen molar-refractivity contribution in [3.05, 3.63) is 107 Å². The van der Waals surface area contributed by atoms with Gasteiger partial charge in [0, 0.05) is 18.6 Å². The van der Waals surface area contributed by atoms with Crippen molar-refractivity contribution in [2.75, 3.05) is 0 Å². The summed E-state index contributed by atoms with van der Waals surface area (Å²) in [6.07, 6.45) is 5.20. The van der Waals surface area contributed by atoms with Crippen LogP contribution in [0, 0.1) is 0 Å². The lowest BCUT2D eigenvalue weighted by atomic mass is 9.85. The average molecular weight is 628 g/mol. The summed E-state index contributed by atoms with van der Waals surface area (Å²) >= 11 is 0. The third kappa shape index (κ3) is 6.61. The Hall–Kier alpha value is -3.48. The van der Waals surface area contributed by atoms with Crippen LogP contribution in [-0.2, 0) is 66.0 Å². The molecule has 9 nitrogen and oxygen atoms in total. The molecule has 1 aromatic carbocycles. The van der Waals surface area contributed by atoms with Crippen LogP contribution < -0.4 is 0 Å². The number of benzene rings is 1. The van der Waals surface area contributed by atoms with E-state index in [9.17, 15) is 25.3 Å². The fourth-order valence-corrected chi connectivity index (χ4v) is 9.43. The quantitative estimate of drug-likeness (QED) is 0.222. The summed E-state index contributed by atoms with van der Waals surface area (Å²) < 4.78 is 81.7. The highest BCUT2D eigenvalue weighted by molar-refractivity contribution is 7.91. The van der Waals surface area contributed by atoms with Gasteiger partial charge in [-0.1, -0.05) is 39.0 Å². The number of aromatic nitrogens is 3. The fourth-order valence-electron chi connectivity index (χ4n) is 5.28. The molecule has 4 rings (SSSR count). The topological polar surface area (TPSA) is 141 Å².